The lowest BCUT2D eigenvalue weighted by atomic mass is 10.0. The maximum atomic E-state index is 13.1. The lowest BCUT2D eigenvalue weighted by Gasteiger charge is -2.35. The molecular weight excluding hydrogens is 468 g/mol. The second-order valence-electron chi connectivity index (χ2n) is 8.89. The summed E-state index contributed by atoms with van der Waals surface area (Å²) >= 11 is 0. The molecule has 0 unspecified atom stereocenters. The van der Waals surface area contributed by atoms with Gasteiger partial charge in [0.2, 0.25) is 15.9 Å². The molecule has 0 saturated carbocycles. The highest BCUT2D eigenvalue weighted by Gasteiger charge is 2.30. The van der Waals surface area contributed by atoms with E-state index in [2.05, 4.69) is 4.98 Å². The molecule has 2 aromatic rings. The Hall–Kier alpha value is -2.66. The number of nitrogens with zero attached hydrogens (tertiary/aromatic N) is 4. The van der Waals surface area contributed by atoms with Crippen LogP contribution < -0.4 is 0 Å². The molecule has 2 aliphatic heterocycles. The molecule has 9 nitrogen and oxygen atoms in total. The van der Waals surface area contributed by atoms with Gasteiger partial charge in [-0.05, 0) is 35.7 Å². The zero-order valence-electron chi connectivity index (χ0n) is 19.8. The summed E-state index contributed by atoms with van der Waals surface area (Å²) in [6.07, 6.45) is 4.80. The van der Waals surface area contributed by atoms with E-state index < -0.39 is 10.0 Å². The summed E-state index contributed by atoms with van der Waals surface area (Å²) in [5.74, 6) is 0.169. The molecule has 4 rings (SSSR count). The number of pyridine rings is 1. The molecule has 188 valence electrons. The maximum Gasteiger partial charge on any atom is 0.243 e. The van der Waals surface area contributed by atoms with Crippen LogP contribution in [0.1, 0.15) is 17.5 Å². The monoisotopic (exact) mass is 500 g/mol. The number of carbonyl (C=O) groups is 2. The molecule has 0 radical (unpaired) electrons. The van der Waals surface area contributed by atoms with Crippen molar-refractivity contribution in [2.75, 3.05) is 59.0 Å². The number of piperazine rings is 1. The first-order chi connectivity index (χ1) is 16.9. The number of aryl methyl sites for hydroxylation is 1. The van der Waals surface area contributed by atoms with Crippen LogP contribution in [-0.4, -0.2) is 98.2 Å². The van der Waals surface area contributed by atoms with E-state index in [-0.39, 0.29) is 23.0 Å². The SMILES string of the molecule is O=C(CCc1cccnc1)Cc1ccc(S(=O)(=O)N2CCN(CC(=O)N3CCOCC3)CC2)cc1. The van der Waals surface area contributed by atoms with Crippen molar-refractivity contribution in [3.63, 3.8) is 0 Å². The second kappa shape index (κ2) is 11.9. The van der Waals surface area contributed by atoms with E-state index in [9.17, 15) is 18.0 Å². The Bertz CT molecular complexity index is 1090. The molecule has 0 bridgehead atoms. The summed E-state index contributed by atoms with van der Waals surface area (Å²) in [4.78, 5) is 32.9. The molecule has 1 aromatic heterocycles. The van der Waals surface area contributed by atoms with Crippen molar-refractivity contribution >= 4 is 21.7 Å². The number of morpholine rings is 1. The summed E-state index contributed by atoms with van der Waals surface area (Å²) in [5.41, 5.74) is 1.82. The van der Waals surface area contributed by atoms with Crippen molar-refractivity contribution in [2.24, 2.45) is 0 Å². The minimum Gasteiger partial charge on any atom is -0.378 e. The first kappa shape index (κ1) is 25.4. The van der Waals surface area contributed by atoms with Gasteiger partial charge >= 0.3 is 0 Å². The van der Waals surface area contributed by atoms with E-state index in [4.69, 9.17) is 4.74 Å². The number of benzene rings is 1. The van der Waals surface area contributed by atoms with Gasteiger partial charge in [-0.1, -0.05) is 18.2 Å². The van der Waals surface area contributed by atoms with Gasteiger partial charge in [-0.25, -0.2) is 8.42 Å². The fourth-order valence-electron chi connectivity index (χ4n) is 4.31. The highest BCUT2D eigenvalue weighted by atomic mass is 32.2. The highest BCUT2D eigenvalue weighted by Crippen LogP contribution is 2.19. The van der Waals surface area contributed by atoms with Gasteiger partial charge in [-0.2, -0.15) is 4.31 Å². The third kappa shape index (κ3) is 6.94. The fourth-order valence-corrected chi connectivity index (χ4v) is 5.73. The van der Waals surface area contributed by atoms with Crippen LogP contribution in [-0.2, 0) is 37.2 Å². The van der Waals surface area contributed by atoms with Crippen molar-refractivity contribution in [1.82, 2.24) is 19.1 Å². The lowest BCUT2D eigenvalue weighted by Crippen LogP contribution is -2.52. The van der Waals surface area contributed by atoms with Gasteiger partial charge < -0.3 is 9.64 Å². The van der Waals surface area contributed by atoms with Crippen LogP contribution in [0.4, 0.5) is 0 Å². The quantitative estimate of drug-likeness (QED) is 0.506. The average molecular weight is 501 g/mol. The molecule has 3 heterocycles. The van der Waals surface area contributed by atoms with Crippen LogP contribution in [0, 0.1) is 0 Å². The Labute approximate surface area is 206 Å². The molecule has 0 N–H and O–H groups in total. The number of ketones is 1. The number of Topliss-reactive ketones (excluding diaryl/α,β-unsaturated/α-hetero) is 1. The van der Waals surface area contributed by atoms with Crippen LogP contribution >= 0.6 is 0 Å². The van der Waals surface area contributed by atoms with E-state index in [1.165, 1.54) is 4.31 Å². The first-order valence-electron chi connectivity index (χ1n) is 12.0. The Kier molecular flexibility index (Phi) is 8.61. The molecule has 0 spiro atoms. The second-order valence-corrected chi connectivity index (χ2v) is 10.8. The minimum absolute atomic E-state index is 0.0650. The van der Waals surface area contributed by atoms with Gasteiger partial charge in [0.15, 0.2) is 0 Å². The Balaban J connectivity index is 1.25. The van der Waals surface area contributed by atoms with Crippen molar-refractivity contribution in [3.05, 3.63) is 59.9 Å². The van der Waals surface area contributed by atoms with E-state index in [1.54, 1.807) is 41.6 Å². The van der Waals surface area contributed by atoms with Crippen LogP contribution in [0.3, 0.4) is 0 Å². The van der Waals surface area contributed by atoms with Crippen LogP contribution in [0.5, 0.6) is 0 Å². The lowest BCUT2D eigenvalue weighted by molar-refractivity contribution is -0.136. The summed E-state index contributed by atoms with van der Waals surface area (Å²) in [6, 6.07) is 10.4. The number of rotatable bonds is 9. The van der Waals surface area contributed by atoms with Crippen molar-refractivity contribution in [1.29, 1.82) is 0 Å². The van der Waals surface area contributed by atoms with Gasteiger partial charge in [-0.15, -0.1) is 0 Å². The number of ether oxygens (including phenoxy) is 1. The predicted octanol–water partition coefficient (Wildman–Crippen LogP) is 0.991. The van der Waals surface area contributed by atoms with Crippen LogP contribution in [0.2, 0.25) is 0 Å². The number of aromatic nitrogens is 1. The van der Waals surface area contributed by atoms with Crippen molar-refractivity contribution in [3.8, 4) is 0 Å². The Morgan fingerprint density at radius 2 is 1.63 bits per heavy atom. The number of sulfonamides is 1. The standard InChI is InChI=1S/C25H32N4O5S/c30-23(6-3-22-2-1-9-26-19-22)18-21-4-7-24(8-5-21)35(32,33)29-12-10-27(11-13-29)20-25(31)28-14-16-34-17-15-28/h1-2,4-5,7-9,19H,3,6,10-18,20H2. The van der Waals surface area contributed by atoms with E-state index in [0.29, 0.717) is 71.9 Å². The molecule has 2 saturated heterocycles. The van der Waals surface area contributed by atoms with Crippen LogP contribution in [0.15, 0.2) is 53.7 Å². The van der Waals surface area contributed by atoms with Gasteiger partial charge in [-0.3, -0.25) is 19.5 Å². The number of amides is 1. The smallest absolute Gasteiger partial charge is 0.243 e. The molecule has 1 aromatic carbocycles. The zero-order chi connectivity index (χ0) is 24.7. The normalized spacial score (nSPS) is 17.9. The van der Waals surface area contributed by atoms with Gasteiger partial charge in [0.05, 0.1) is 24.7 Å². The summed E-state index contributed by atoms with van der Waals surface area (Å²) in [5, 5.41) is 0. The average Bonchev–Trinajstić information content (AvgIpc) is 2.89. The van der Waals surface area contributed by atoms with Gasteiger partial charge in [0.1, 0.15) is 5.78 Å². The molecule has 0 atom stereocenters. The highest BCUT2D eigenvalue weighted by molar-refractivity contribution is 7.89. The predicted molar refractivity (Wildman–Crippen MR) is 130 cm³/mol. The third-order valence-electron chi connectivity index (χ3n) is 6.43. The largest absolute Gasteiger partial charge is 0.378 e. The summed E-state index contributed by atoms with van der Waals surface area (Å²) in [6.45, 7) is 4.36. The number of hydrogen-bond donors (Lipinski definition) is 0. The Morgan fingerprint density at radius 3 is 2.29 bits per heavy atom. The molecule has 0 aliphatic carbocycles. The molecule has 10 heteroatoms. The van der Waals surface area contributed by atoms with Crippen molar-refractivity contribution in [2.45, 2.75) is 24.2 Å². The summed E-state index contributed by atoms with van der Waals surface area (Å²) < 4.78 is 33.0. The summed E-state index contributed by atoms with van der Waals surface area (Å²) in [7, 11) is -3.62. The molecule has 35 heavy (non-hydrogen) atoms. The molecular formula is C25H32N4O5S. The number of hydrogen-bond acceptors (Lipinski definition) is 7. The van der Waals surface area contributed by atoms with E-state index in [1.807, 2.05) is 17.0 Å². The topological polar surface area (TPSA) is 100 Å². The maximum absolute atomic E-state index is 13.1. The van der Waals surface area contributed by atoms with Crippen molar-refractivity contribution < 1.29 is 22.7 Å². The molecule has 1 amide bonds. The Morgan fingerprint density at radius 1 is 0.914 bits per heavy atom. The first-order valence-corrected chi connectivity index (χ1v) is 13.4. The molecule has 2 aliphatic rings. The van der Waals surface area contributed by atoms with Gasteiger partial charge in [0.25, 0.3) is 0 Å². The zero-order valence-corrected chi connectivity index (χ0v) is 20.7. The third-order valence-corrected chi connectivity index (χ3v) is 8.34. The molecule has 2 fully saturated rings. The van der Waals surface area contributed by atoms with E-state index in [0.717, 1.165) is 11.1 Å². The van der Waals surface area contributed by atoms with Gasteiger partial charge in [0, 0.05) is 64.5 Å². The minimum atomic E-state index is -3.62. The number of carbonyl (C=O) groups excluding carboxylic acids is 2. The fraction of sp³-hybridized carbons (Fsp3) is 0.480. The van der Waals surface area contributed by atoms with E-state index >= 15 is 0 Å². The van der Waals surface area contributed by atoms with Crippen LogP contribution in [0.25, 0.3) is 0 Å².